The minimum absolute atomic E-state index is 0.0807. The predicted octanol–water partition coefficient (Wildman–Crippen LogP) is 3.14. The second-order valence-corrected chi connectivity index (χ2v) is 5.90. The van der Waals surface area contributed by atoms with E-state index in [4.69, 9.17) is 0 Å². The fraction of sp³-hybridized carbons (Fsp3) is 0.375. The topological polar surface area (TPSA) is 51.1 Å². The van der Waals surface area contributed by atoms with E-state index in [1.165, 1.54) is 24.6 Å². The summed E-state index contributed by atoms with van der Waals surface area (Å²) in [6.45, 7) is 3.98. The van der Waals surface area contributed by atoms with Gasteiger partial charge in [0.15, 0.2) is 17.1 Å². The Labute approximate surface area is 129 Å². The smallest absolute Gasteiger partial charge is 0.221 e. The van der Waals surface area contributed by atoms with Crippen molar-refractivity contribution >= 4 is 22.5 Å². The van der Waals surface area contributed by atoms with E-state index in [-0.39, 0.29) is 28.5 Å². The van der Waals surface area contributed by atoms with Gasteiger partial charge in [-0.15, -0.1) is 0 Å². The molecule has 1 aliphatic carbocycles. The maximum Gasteiger partial charge on any atom is 0.221 e. The summed E-state index contributed by atoms with van der Waals surface area (Å²) < 4.78 is 43.5. The van der Waals surface area contributed by atoms with Crippen LogP contribution in [-0.4, -0.2) is 16.6 Å². The van der Waals surface area contributed by atoms with E-state index < -0.39 is 40.9 Å². The molecule has 4 nitrogen and oxygen atoms in total. The molecule has 1 aromatic heterocycles. The molecule has 2 aromatic rings. The van der Waals surface area contributed by atoms with Gasteiger partial charge in [-0.05, 0) is 13.8 Å². The van der Waals surface area contributed by atoms with Crippen LogP contribution >= 0.6 is 0 Å². The molecule has 2 atom stereocenters. The first-order chi connectivity index (χ1) is 10.7. The molecule has 122 valence electrons. The normalized spacial score (nSPS) is 19.9. The van der Waals surface area contributed by atoms with Gasteiger partial charge < -0.3 is 9.88 Å². The van der Waals surface area contributed by atoms with Crippen LogP contribution in [0.3, 0.4) is 0 Å². The number of carbonyl (C=O) groups excluding carboxylic acids is 1. The fourth-order valence-corrected chi connectivity index (χ4v) is 2.86. The van der Waals surface area contributed by atoms with Crippen LogP contribution < -0.4 is 10.7 Å². The van der Waals surface area contributed by atoms with Crippen molar-refractivity contribution in [2.75, 3.05) is 5.32 Å². The zero-order valence-corrected chi connectivity index (χ0v) is 12.8. The van der Waals surface area contributed by atoms with E-state index in [0.29, 0.717) is 0 Å². The number of rotatable bonds is 2. The Morgan fingerprint density at radius 2 is 1.91 bits per heavy atom. The molecule has 1 amide bonds. The average molecular weight is 324 g/mol. The summed E-state index contributed by atoms with van der Waals surface area (Å²) in [5.41, 5.74) is -0.697. The van der Waals surface area contributed by atoms with E-state index >= 15 is 0 Å². The molecule has 1 N–H and O–H groups in total. The van der Waals surface area contributed by atoms with Crippen LogP contribution in [0.1, 0.15) is 30.5 Å². The minimum atomic E-state index is -1.29. The molecular formula is C16H15F3N2O2. The largest absolute Gasteiger partial charge is 0.341 e. The monoisotopic (exact) mass is 324 g/mol. The standard InChI is InChI=1S/C16H15F3N2O2/c1-6-5-21(10-4-9(10)17)15-7(2)12(18)13(19)14(20-8(3)22)11(15)16(6)23/h5,9-10H,4H2,1-3H3,(H,20,22)/t9-,10+/m0/s1. The van der Waals surface area contributed by atoms with Gasteiger partial charge in [-0.2, -0.15) is 0 Å². The molecule has 0 unspecified atom stereocenters. The number of benzene rings is 1. The van der Waals surface area contributed by atoms with E-state index in [1.807, 2.05) is 0 Å². The number of aryl methyl sites for hydroxylation is 2. The van der Waals surface area contributed by atoms with Gasteiger partial charge in [-0.1, -0.05) is 0 Å². The maximum atomic E-state index is 14.3. The third kappa shape index (κ3) is 2.31. The number of hydrogen-bond acceptors (Lipinski definition) is 2. The molecule has 1 heterocycles. The van der Waals surface area contributed by atoms with Crippen molar-refractivity contribution in [1.29, 1.82) is 0 Å². The highest BCUT2D eigenvalue weighted by Gasteiger charge is 2.40. The fourth-order valence-electron chi connectivity index (χ4n) is 2.86. The van der Waals surface area contributed by atoms with Gasteiger partial charge in [0, 0.05) is 30.7 Å². The number of carbonyl (C=O) groups is 1. The van der Waals surface area contributed by atoms with Gasteiger partial charge >= 0.3 is 0 Å². The summed E-state index contributed by atoms with van der Waals surface area (Å²) in [6.07, 6.45) is 0.624. The van der Waals surface area contributed by atoms with Gasteiger partial charge in [0.1, 0.15) is 6.17 Å². The number of anilines is 1. The molecule has 0 aliphatic heterocycles. The van der Waals surface area contributed by atoms with Gasteiger partial charge in [-0.25, -0.2) is 13.2 Å². The molecule has 0 radical (unpaired) electrons. The van der Waals surface area contributed by atoms with Crippen LogP contribution in [0, 0.1) is 25.5 Å². The number of fused-ring (bicyclic) bond motifs is 1. The highest BCUT2D eigenvalue weighted by atomic mass is 19.2. The average Bonchev–Trinajstić information content (AvgIpc) is 3.20. The van der Waals surface area contributed by atoms with Crippen LogP contribution in [0.5, 0.6) is 0 Å². The Bertz CT molecular complexity index is 905. The first-order valence-electron chi connectivity index (χ1n) is 7.18. The van der Waals surface area contributed by atoms with Crippen LogP contribution in [0.15, 0.2) is 11.0 Å². The Morgan fingerprint density at radius 1 is 1.30 bits per heavy atom. The first kappa shape index (κ1) is 15.6. The van der Waals surface area contributed by atoms with E-state index in [0.717, 1.165) is 6.92 Å². The second kappa shape index (κ2) is 5.11. The van der Waals surface area contributed by atoms with Crippen molar-refractivity contribution < 1.29 is 18.0 Å². The number of aromatic nitrogens is 1. The summed E-state index contributed by atoms with van der Waals surface area (Å²) >= 11 is 0. The molecule has 1 saturated carbocycles. The quantitative estimate of drug-likeness (QED) is 0.923. The molecule has 0 spiro atoms. The number of halogens is 3. The summed E-state index contributed by atoms with van der Waals surface area (Å²) in [4.78, 5) is 23.8. The van der Waals surface area contributed by atoms with Crippen molar-refractivity contribution in [2.24, 2.45) is 0 Å². The van der Waals surface area contributed by atoms with Crippen molar-refractivity contribution in [3.63, 3.8) is 0 Å². The first-order valence-corrected chi connectivity index (χ1v) is 7.18. The van der Waals surface area contributed by atoms with Crippen LogP contribution in [0.25, 0.3) is 10.9 Å². The molecule has 0 saturated heterocycles. The second-order valence-electron chi connectivity index (χ2n) is 5.90. The van der Waals surface area contributed by atoms with Crippen molar-refractivity contribution in [1.82, 2.24) is 4.57 Å². The molecule has 3 rings (SSSR count). The lowest BCUT2D eigenvalue weighted by molar-refractivity contribution is -0.114. The highest BCUT2D eigenvalue weighted by Crippen LogP contribution is 2.42. The zero-order valence-electron chi connectivity index (χ0n) is 12.8. The summed E-state index contributed by atoms with van der Waals surface area (Å²) in [5, 5.41) is 2.06. The summed E-state index contributed by atoms with van der Waals surface area (Å²) in [6, 6.07) is -0.509. The molecule has 1 fully saturated rings. The van der Waals surface area contributed by atoms with Crippen LogP contribution in [0.4, 0.5) is 18.9 Å². The minimum Gasteiger partial charge on any atom is -0.341 e. The number of nitrogens with zero attached hydrogens (tertiary/aromatic N) is 1. The Hall–Kier alpha value is -2.31. The van der Waals surface area contributed by atoms with Gasteiger partial charge in [0.2, 0.25) is 5.91 Å². The zero-order chi connectivity index (χ0) is 17.0. The third-order valence-electron chi connectivity index (χ3n) is 4.10. The number of hydrogen-bond donors (Lipinski definition) is 1. The molecule has 1 aliphatic rings. The number of pyridine rings is 1. The van der Waals surface area contributed by atoms with Gasteiger partial charge in [0.05, 0.1) is 22.6 Å². The summed E-state index contributed by atoms with van der Waals surface area (Å²) in [5.74, 6) is -3.07. The van der Waals surface area contributed by atoms with E-state index in [1.54, 1.807) is 0 Å². The lowest BCUT2D eigenvalue weighted by Gasteiger charge is -2.18. The van der Waals surface area contributed by atoms with Gasteiger partial charge in [0.25, 0.3) is 0 Å². The lowest BCUT2D eigenvalue weighted by Crippen LogP contribution is -2.19. The number of alkyl halides is 1. The predicted molar refractivity (Wildman–Crippen MR) is 80.5 cm³/mol. The van der Waals surface area contributed by atoms with E-state index in [9.17, 15) is 22.8 Å². The van der Waals surface area contributed by atoms with Crippen molar-refractivity contribution in [3.8, 4) is 0 Å². The molecular weight excluding hydrogens is 309 g/mol. The summed E-state index contributed by atoms with van der Waals surface area (Å²) in [7, 11) is 0. The number of amides is 1. The molecule has 0 bridgehead atoms. The molecule has 23 heavy (non-hydrogen) atoms. The van der Waals surface area contributed by atoms with E-state index in [2.05, 4.69) is 5.32 Å². The Morgan fingerprint density at radius 3 is 2.43 bits per heavy atom. The Balaban J connectivity index is 2.50. The van der Waals surface area contributed by atoms with Crippen molar-refractivity contribution in [3.05, 3.63) is 39.2 Å². The molecule has 7 heteroatoms. The van der Waals surface area contributed by atoms with Crippen LogP contribution in [0.2, 0.25) is 0 Å². The highest BCUT2D eigenvalue weighted by molar-refractivity contribution is 6.02. The van der Waals surface area contributed by atoms with Gasteiger partial charge in [-0.3, -0.25) is 9.59 Å². The van der Waals surface area contributed by atoms with Crippen LogP contribution in [-0.2, 0) is 4.79 Å². The SMILES string of the molecule is CC(=O)Nc1c(F)c(F)c(C)c2c1c(=O)c(C)cn2[C@@H]1C[C@@H]1F. The lowest BCUT2D eigenvalue weighted by atomic mass is 10.0. The third-order valence-corrected chi connectivity index (χ3v) is 4.10. The Kier molecular flexibility index (Phi) is 3.46. The number of nitrogens with one attached hydrogen (secondary N) is 1. The molecule has 1 aromatic carbocycles. The van der Waals surface area contributed by atoms with Crippen molar-refractivity contribution in [2.45, 2.75) is 39.4 Å². The maximum absolute atomic E-state index is 14.3.